The summed E-state index contributed by atoms with van der Waals surface area (Å²) in [5, 5.41) is 14.1. The first kappa shape index (κ1) is 12.0. The number of anilines is 1. The number of H-pyrrole nitrogens is 1. The van der Waals surface area contributed by atoms with Crippen LogP contribution >= 0.6 is 0 Å². The van der Waals surface area contributed by atoms with E-state index in [0.29, 0.717) is 17.4 Å². The van der Waals surface area contributed by atoms with Crippen molar-refractivity contribution in [3.05, 3.63) is 28.3 Å². The smallest absolute Gasteiger partial charge is 0.271 e. The van der Waals surface area contributed by atoms with E-state index in [9.17, 15) is 10.1 Å². The lowest BCUT2D eigenvalue weighted by molar-refractivity contribution is -0.384. The maximum atomic E-state index is 10.7. The van der Waals surface area contributed by atoms with E-state index in [2.05, 4.69) is 29.1 Å². The van der Waals surface area contributed by atoms with Gasteiger partial charge in [-0.1, -0.05) is 0 Å². The van der Waals surface area contributed by atoms with Crippen LogP contribution in [0, 0.1) is 16.0 Å². The second-order valence-corrected chi connectivity index (χ2v) is 5.66. The first-order valence-corrected chi connectivity index (χ1v) is 6.38. The van der Waals surface area contributed by atoms with E-state index in [1.54, 1.807) is 6.07 Å². The monoisotopic (exact) mass is 260 g/mol. The van der Waals surface area contributed by atoms with Crippen LogP contribution in [0.25, 0.3) is 11.0 Å². The molecule has 0 radical (unpaired) electrons. The molecule has 3 rings (SSSR count). The molecule has 0 unspecified atom stereocenters. The Balaban J connectivity index is 1.91. The van der Waals surface area contributed by atoms with Gasteiger partial charge in [0.25, 0.3) is 5.69 Å². The number of aromatic nitrogens is 2. The molecular formula is C13H16N4O2. The Morgan fingerprint density at radius 2 is 2.21 bits per heavy atom. The highest BCUT2D eigenvalue weighted by molar-refractivity contribution is 5.80. The molecule has 1 aromatic carbocycles. The minimum absolute atomic E-state index is 0.000189. The van der Waals surface area contributed by atoms with Gasteiger partial charge in [-0.05, 0) is 38.7 Å². The number of hydrogen-bond acceptors (Lipinski definition) is 4. The lowest BCUT2D eigenvalue weighted by atomic mass is 9.99. The molecule has 0 bridgehead atoms. The lowest BCUT2D eigenvalue weighted by Gasteiger charge is -2.25. The molecule has 0 spiro atoms. The summed E-state index contributed by atoms with van der Waals surface area (Å²) in [4.78, 5) is 17.9. The Morgan fingerprint density at radius 3 is 2.84 bits per heavy atom. The Hall–Kier alpha value is -2.11. The Kier molecular flexibility index (Phi) is 2.48. The Bertz CT molecular complexity index is 643. The molecule has 1 heterocycles. The number of fused-ring (bicyclic) bond motifs is 1. The molecule has 1 aromatic heterocycles. The number of rotatable bonds is 4. The highest BCUT2D eigenvalue weighted by Gasteiger charge is 2.38. The van der Waals surface area contributed by atoms with Gasteiger partial charge in [0.2, 0.25) is 5.95 Å². The van der Waals surface area contributed by atoms with Crippen LogP contribution < -0.4 is 5.32 Å². The van der Waals surface area contributed by atoms with Gasteiger partial charge in [-0.25, -0.2) is 4.98 Å². The molecule has 2 N–H and O–H groups in total. The molecule has 1 fully saturated rings. The fourth-order valence-corrected chi connectivity index (χ4v) is 2.38. The lowest BCUT2D eigenvalue weighted by Crippen LogP contribution is -2.33. The van der Waals surface area contributed by atoms with Crippen molar-refractivity contribution in [1.29, 1.82) is 0 Å². The van der Waals surface area contributed by atoms with E-state index in [0.717, 1.165) is 5.52 Å². The molecule has 0 saturated heterocycles. The molecule has 2 aromatic rings. The predicted octanol–water partition coefficient (Wildman–Crippen LogP) is 3.07. The largest absolute Gasteiger partial charge is 0.351 e. The summed E-state index contributed by atoms with van der Waals surface area (Å²) in [5.41, 5.74) is 1.49. The zero-order valence-electron chi connectivity index (χ0n) is 10.9. The third-order valence-corrected chi connectivity index (χ3v) is 3.71. The molecule has 6 nitrogen and oxygen atoms in total. The SMILES string of the molecule is CC(C)(Nc1nc2ccc([N+](=O)[O-])cc2[nH]1)C1CC1. The fraction of sp³-hybridized carbons (Fsp3) is 0.462. The van der Waals surface area contributed by atoms with Crippen LogP contribution in [0.5, 0.6) is 0 Å². The van der Waals surface area contributed by atoms with Gasteiger partial charge in [0.1, 0.15) is 0 Å². The quantitative estimate of drug-likeness (QED) is 0.653. The van der Waals surface area contributed by atoms with Gasteiger partial charge in [0, 0.05) is 17.7 Å². The average molecular weight is 260 g/mol. The second-order valence-electron chi connectivity index (χ2n) is 5.66. The molecule has 19 heavy (non-hydrogen) atoms. The number of nitrogens with zero attached hydrogens (tertiary/aromatic N) is 2. The third-order valence-electron chi connectivity index (χ3n) is 3.71. The van der Waals surface area contributed by atoms with Crippen molar-refractivity contribution < 1.29 is 4.92 Å². The highest BCUT2D eigenvalue weighted by atomic mass is 16.6. The second kappa shape index (κ2) is 3.94. The first-order valence-electron chi connectivity index (χ1n) is 6.38. The third kappa shape index (κ3) is 2.25. The molecular weight excluding hydrogens is 244 g/mol. The normalized spacial score (nSPS) is 15.7. The summed E-state index contributed by atoms with van der Waals surface area (Å²) in [6.45, 7) is 4.31. The zero-order chi connectivity index (χ0) is 13.6. The molecule has 100 valence electrons. The number of imidazole rings is 1. The maximum Gasteiger partial charge on any atom is 0.271 e. The van der Waals surface area contributed by atoms with Crippen LogP contribution in [0.1, 0.15) is 26.7 Å². The molecule has 0 atom stereocenters. The van der Waals surface area contributed by atoms with Gasteiger partial charge in [0.05, 0.1) is 16.0 Å². The van der Waals surface area contributed by atoms with Crippen molar-refractivity contribution >= 4 is 22.7 Å². The number of aromatic amines is 1. The topological polar surface area (TPSA) is 83.8 Å². The summed E-state index contributed by atoms with van der Waals surface area (Å²) in [6, 6.07) is 4.65. The number of nitrogens with one attached hydrogen (secondary N) is 2. The van der Waals surface area contributed by atoms with Gasteiger partial charge < -0.3 is 10.3 Å². The predicted molar refractivity (Wildman–Crippen MR) is 73.2 cm³/mol. The first-order chi connectivity index (χ1) is 8.95. The van der Waals surface area contributed by atoms with E-state index in [1.165, 1.54) is 25.0 Å². The molecule has 6 heteroatoms. The van der Waals surface area contributed by atoms with Crippen molar-refractivity contribution in [2.45, 2.75) is 32.2 Å². The number of nitro benzene ring substituents is 1. The summed E-state index contributed by atoms with van der Waals surface area (Å²) < 4.78 is 0. The summed E-state index contributed by atoms with van der Waals surface area (Å²) in [7, 11) is 0. The summed E-state index contributed by atoms with van der Waals surface area (Å²) in [5.74, 6) is 1.35. The van der Waals surface area contributed by atoms with Crippen molar-refractivity contribution in [2.24, 2.45) is 5.92 Å². The number of nitro groups is 1. The Morgan fingerprint density at radius 1 is 1.47 bits per heavy atom. The van der Waals surface area contributed by atoms with Crippen molar-refractivity contribution in [2.75, 3.05) is 5.32 Å². The number of non-ortho nitro benzene ring substituents is 1. The van der Waals surface area contributed by atoms with Crippen LogP contribution in [-0.2, 0) is 0 Å². The van der Waals surface area contributed by atoms with Gasteiger partial charge >= 0.3 is 0 Å². The van der Waals surface area contributed by atoms with E-state index in [-0.39, 0.29) is 11.2 Å². The van der Waals surface area contributed by atoms with Gasteiger partial charge in [-0.2, -0.15) is 0 Å². The van der Waals surface area contributed by atoms with Crippen molar-refractivity contribution in [3.63, 3.8) is 0 Å². The minimum atomic E-state index is -0.401. The molecule has 0 aliphatic heterocycles. The van der Waals surface area contributed by atoms with Crippen LogP contribution in [0.4, 0.5) is 11.6 Å². The van der Waals surface area contributed by atoms with E-state index in [1.807, 2.05) is 0 Å². The van der Waals surface area contributed by atoms with Gasteiger partial charge in [0.15, 0.2) is 0 Å². The zero-order valence-corrected chi connectivity index (χ0v) is 10.9. The van der Waals surface area contributed by atoms with Crippen LogP contribution in [0.2, 0.25) is 0 Å². The van der Waals surface area contributed by atoms with Gasteiger partial charge in [-0.15, -0.1) is 0 Å². The number of hydrogen-bond donors (Lipinski definition) is 2. The van der Waals surface area contributed by atoms with Crippen molar-refractivity contribution in [3.8, 4) is 0 Å². The van der Waals surface area contributed by atoms with E-state index in [4.69, 9.17) is 0 Å². The standard InChI is InChI=1S/C13H16N4O2/c1-13(2,8-3-4-8)16-12-14-10-6-5-9(17(18)19)7-11(10)15-12/h5-8H,3-4H2,1-2H3,(H2,14,15,16). The fourth-order valence-electron chi connectivity index (χ4n) is 2.38. The van der Waals surface area contributed by atoms with Crippen molar-refractivity contribution in [1.82, 2.24) is 9.97 Å². The average Bonchev–Trinajstić information content (AvgIpc) is 3.10. The summed E-state index contributed by atoms with van der Waals surface area (Å²) >= 11 is 0. The molecule has 1 aliphatic carbocycles. The van der Waals surface area contributed by atoms with Crippen LogP contribution in [-0.4, -0.2) is 20.4 Å². The van der Waals surface area contributed by atoms with Crippen LogP contribution in [0.15, 0.2) is 18.2 Å². The number of benzene rings is 1. The molecule has 1 saturated carbocycles. The van der Waals surface area contributed by atoms with Crippen LogP contribution in [0.3, 0.4) is 0 Å². The molecule has 0 amide bonds. The minimum Gasteiger partial charge on any atom is -0.351 e. The van der Waals surface area contributed by atoms with E-state index >= 15 is 0 Å². The summed E-state index contributed by atoms with van der Waals surface area (Å²) in [6.07, 6.45) is 2.48. The molecule has 1 aliphatic rings. The van der Waals surface area contributed by atoms with E-state index < -0.39 is 4.92 Å². The van der Waals surface area contributed by atoms with Gasteiger partial charge in [-0.3, -0.25) is 10.1 Å². The maximum absolute atomic E-state index is 10.7. The highest BCUT2D eigenvalue weighted by Crippen LogP contribution is 2.40. The Labute approximate surface area is 110 Å².